The molecule has 0 N–H and O–H groups in total. The first-order chi connectivity index (χ1) is 17.0. The lowest BCUT2D eigenvalue weighted by Gasteiger charge is -2.36. The molecular weight excluding hydrogens is 448 g/mol. The number of hydrogen-bond donors (Lipinski definition) is 0. The van der Waals surface area contributed by atoms with Crippen LogP contribution in [0.25, 0.3) is 0 Å². The Morgan fingerprint density at radius 3 is 2.09 bits per heavy atom. The van der Waals surface area contributed by atoms with Crippen LogP contribution in [0, 0.1) is 17.6 Å². The third-order valence-electron chi connectivity index (χ3n) is 7.32. The van der Waals surface area contributed by atoms with Crippen molar-refractivity contribution in [1.29, 1.82) is 0 Å². The van der Waals surface area contributed by atoms with Crippen molar-refractivity contribution in [3.8, 4) is 0 Å². The van der Waals surface area contributed by atoms with Crippen LogP contribution in [-0.4, -0.2) is 65.8 Å². The molecule has 0 bridgehead atoms. The van der Waals surface area contributed by atoms with Gasteiger partial charge in [-0.05, 0) is 54.3 Å². The van der Waals surface area contributed by atoms with E-state index in [0.29, 0.717) is 44.7 Å². The number of rotatable bonds is 9. The Bertz CT molecular complexity index is 967. The normalized spacial score (nSPS) is 17.0. The quantitative estimate of drug-likeness (QED) is 0.518. The lowest BCUT2D eigenvalue weighted by Crippen LogP contribution is -2.50. The van der Waals surface area contributed by atoms with Gasteiger partial charge in [-0.2, -0.15) is 0 Å². The molecule has 5 nitrogen and oxygen atoms in total. The minimum Gasteiger partial charge on any atom is -0.340 e. The van der Waals surface area contributed by atoms with Gasteiger partial charge in [0.05, 0.1) is 0 Å². The van der Waals surface area contributed by atoms with Crippen molar-refractivity contribution in [2.24, 2.45) is 5.92 Å². The number of hydrogen-bond acceptors (Lipinski definition) is 3. The van der Waals surface area contributed by atoms with Gasteiger partial charge in [0.2, 0.25) is 5.91 Å². The van der Waals surface area contributed by atoms with E-state index in [2.05, 4.69) is 4.90 Å². The van der Waals surface area contributed by atoms with Crippen molar-refractivity contribution in [3.63, 3.8) is 0 Å². The second kappa shape index (κ2) is 12.2. The fraction of sp³-hybridized carbons (Fsp3) is 0.500. The molecule has 0 aromatic heterocycles. The zero-order valence-electron chi connectivity index (χ0n) is 20.3. The van der Waals surface area contributed by atoms with Gasteiger partial charge in [0.15, 0.2) is 0 Å². The second-order valence-electron chi connectivity index (χ2n) is 9.77. The van der Waals surface area contributed by atoms with Crippen molar-refractivity contribution in [1.82, 2.24) is 14.7 Å². The molecule has 2 aliphatic rings. The first-order valence-electron chi connectivity index (χ1n) is 12.8. The number of amides is 2. The molecule has 1 saturated carbocycles. The maximum Gasteiger partial charge on any atom is 0.254 e. The first-order valence-corrected chi connectivity index (χ1v) is 12.8. The van der Waals surface area contributed by atoms with Gasteiger partial charge in [-0.1, -0.05) is 37.8 Å². The largest absolute Gasteiger partial charge is 0.340 e. The Balaban J connectivity index is 1.29. The molecular formula is C28H35F2N3O2. The smallest absolute Gasteiger partial charge is 0.254 e. The van der Waals surface area contributed by atoms with Crippen LogP contribution in [0.1, 0.15) is 54.4 Å². The van der Waals surface area contributed by atoms with Crippen molar-refractivity contribution < 1.29 is 18.4 Å². The average Bonchev–Trinajstić information content (AvgIpc) is 3.40. The third kappa shape index (κ3) is 7.34. The summed E-state index contributed by atoms with van der Waals surface area (Å²) >= 11 is 0. The van der Waals surface area contributed by atoms with Crippen LogP contribution in [0.2, 0.25) is 0 Å². The summed E-state index contributed by atoms with van der Waals surface area (Å²) < 4.78 is 26.7. The van der Waals surface area contributed by atoms with Gasteiger partial charge in [-0.15, -0.1) is 0 Å². The molecule has 0 atom stereocenters. The van der Waals surface area contributed by atoms with Crippen molar-refractivity contribution in [3.05, 3.63) is 71.3 Å². The molecule has 1 aliphatic carbocycles. The van der Waals surface area contributed by atoms with E-state index < -0.39 is 0 Å². The molecule has 4 rings (SSSR count). The maximum absolute atomic E-state index is 13.3. The van der Waals surface area contributed by atoms with Gasteiger partial charge in [0.25, 0.3) is 5.91 Å². The fourth-order valence-electron chi connectivity index (χ4n) is 5.11. The Labute approximate surface area is 206 Å². The van der Waals surface area contributed by atoms with Crippen LogP contribution in [0.4, 0.5) is 8.78 Å². The number of nitrogens with zero attached hydrogens (tertiary/aromatic N) is 3. The lowest BCUT2D eigenvalue weighted by atomic mass is 10.0. The van der Waals surface area contributed by atoms with E-state index >= 15 is 0 Å². The summed E-state index contributed by atoms with van der Waals surface area (Å²) in [5, 5.41) is 0. The van der Waals surface area contributed by atoms with Crippen LogP contribution in [-0.2, 0) is 11.3 Å². The topological polar surface area (TPSA) is 43.9 Å². The summed E-state index contributed by atoms with van der Waals surface area (Å²) in [6.45, 7) is 4.51. The van der Waals surface area contributed by atoms with Crippen LogP contribution in [0.15, 0.2) is 48.5 Å². The van der Waals surface area contributed by atoms with E-state index in [1.54, 1.807) is 17.0 Å². The molecule has 1 aliphatic heterocycles. The van der Waals surface area contributed by atoms with Gasteiger partial charge in [-0.3, -0.25) is 14.5 Å². The minimum atomic E-state index is -0.387. The molecule has 35 heavy (non-hydrogen) atoms. The Hall–Kier alpha value is -2.80. The molecule has 2 fully saturated rings. The van der Waals surface area contributed by atoms with E-state index in [0.717, 1.165) is 31.0 Å². The Morgan fingerprint density at radius 1 is 0.857 bits per heavy atom. The second-order valence-corrected chi connectivity index (χ2v) is 9.77. The Kier molecular flexibility index (Phi) is 8.85. The summed E-state index contributed by atoms with van der Waals surface area (Å²) in [6, 6.07) is 11.7. The Morgan fingerprint density at radius 2 is 1.46 bits per heavy atom. The summed E-state index contributed by atoms with van der Waals surface area (Å²) in [4.78, 5) is 31.8. The zero-order valence-corrected chi connectivity index (χ0v) is 20.3. The monoisotopic (exact) mass is 483 g/mol. The number of halogens is 2. The van der Waals surface area contributed by atoms with E-state index in [-0.39, 0.29) is 23.4 Å². The van der Waals surface area contributed by atoms with Gasteiger partial charge < -0.3 is 9.80 Å². The molecule has 0 unspecified atom stereocenters. The summed E-state index contributed by atoms with van der Waals surface area (Å²) in [6.07, 6.45) is 6.82. The molecule has 7 heteroatoms. The fourth-order valence-corrected chi connectivity index (χ4v) is 5.11. The third-order valence-corrected chi connectivity index (χ3v) is 7.32. The predicted octanol–water partition coefficient (Wildman–Crippen LogP) is 4.72. The highest BCUT2D eigenvalue weighted by molar-refractivity contribution is 5.94. The first kappa shape index (κ1) is 25.3. The summed E-state index contributed by atoms with van der Waals surface area (Å²) in [5.74, 6) is 0.102. The highest BCUT2D eigenvalue weighted by Crippen LogP contribution is 2.28. The van der Waals surface area contributed by atoms with Crippen LogP contribution >= 0.6 is 0 Å². The summed E-state index contributed by atoms with van der Waals surface area (Å²) in [7, 11) is 0. The van der Waals surface area contributed by atoms with E-state index in [1.807, 2.05) is 4.90 Å². The minimum absolute atomic E-state index is 0.185. The highest BCUT2D eigenvalue weighted by Gasteiger charge is 2.24. The SMILES string of the molecule is O=C(CCC1CCCC1)N1CCN(CCN(Cc2ccc(F)cc2)C(=O)c2ccc(F)cc2)CC1. The van der Waals surface area contributed by atoms with Gasteiger partial charge in [-0.25, -0.2) is 8.78 Å². The molecule has 0 spiro atoms. The lowest BCUT2D eigenvalue weighted by molar-refractivity contribution is -0.133. The molecule has 2 amide bonds. The maximum atomic E-state index is 13.3. The van der Waals surface area contributed by atoms with Crippen LogP contribution in [0.3, 0.4) is 0 Å². The molecule has 2 aromatic carbocycles. The van der Waals surface area contributed by atoms with Crippen LogP contribution in [0.5, 0.6) is 0 Å². The number of benzene rings is 2. The van der Waals surface area contributed by atoms with Crippen molar-refractivity contribution >= 4 is 11.8 Å². The zero-order chi connectivity index (χ0) is 24.6. The van der Waals surface area contributed by atoms with Crippen LogP contribution < -0.4 is 0 Å². The van der Waals surface area contributed by atoms with E-state index in [4.69, 9.17) is 0 Å². The number of carbonyl (C=O) groups excluding carboxylic acids is 2. The number of piperazine rings is 1. The molecule has 2 aromatic rings. The molecule has 1 saturated heterocycles. The van der Waals surface area contributed by atoms with Gasteiger partial charge in [0.1, 0.15) is 11.6 Å². The number of carbonyl (C=O) groups is 2. The van der Waals surface area contributed by atoms with Crippen molar-refractivity contribution in [2.75, 3.05) is 39.3 Å². The van der Waals surface area contributed by atoms with Gasteiger partial charge >= 0.3 is 0 Å². The van der Waals surface area contributed by atoms with E-state index in [9.17, 15) is 18.4 Å². The standard InChI is InChI=1S/C28H35F2N3O2/c29-25-10-5-23(6-11-25)21-33(28(35)24-8-12-26(30)13-9-24)20-17-31-15-18-32(19-16-31)27(34)14-7-22-3-1-2-4-22/h5-6,8-13,22H,1-4,7,14-21H2. The van der Waals surface area contributed by atoms with Crippen molar-refractivity contribution in [2.45, 2.75) is 45.1 Å². The average molecular weight is 484 g/mol. The highest BCUT2D eigenvalue weighted by atomic mass is 19.1. The summed E-state index contributed by atoms with van der Waals surface area (Å²) in [5.41, 5.74) is 1.26. The molecule has 188 valence electrons. The molecule has 0 radical (unpaired) electrons. The van der Waals surface area contributed by atoms with Gasteiger partial charge in [0, 0.05) is 57.8 Å². The predicted molar refractivity (Wildman–Crippen MR) is 132 cm³/mol. The van der Waals surface area contributed by atoms with E-state index in [1.165, 1.54) is 62.1 Å². The molecule has 1 heterocycles.